The van der Waals surface area contributed by atoms with Crippen LogP contribution < -0.4 is 10.1 Å². The van der Waals surface area contributed by atoms with E-state index in [0.717, 1.165) is 33.7 Å². The first kappa shape index (κ1) is 16.3. The number of carbonyl (C=O) groups is 1. The number of carbonyl (C=O) groups excluding carboxylic acids is 1. The van der Waals surface area contributed by atoms with E-state index in [2.05, 4.69) is 40.6 Å². The molecule has 1 atom stereocenters. The Morgan fingerprint density at radius 2 is 1.96 bits per heavy atom. The van der Waals surface area contributed by atoms with Crippen LogP contribution in [0.15, 0.2) is 67.0 Å². The van der Waals surface area contributed by atoms with Crippen molar-refractivity contribution in [2.45, 2.75) is 19.3 Å². The fourth-order valence-corrected chi connectivity index (χ4v) is 3.44. The van der Waals surface area contributed by atoms with Crippen molar-refractivity contribution >= 4 is 11.6 Å². The molecule has 1 amide bonds. The summed E-state index contributed by atoms with van der Waals surface area (Å²) in [5, 5.41) is 2.97. The molecule has 0 aliphatic carbocycles. The summed E-state index contributed by atoms with van der Waals surface area (Å²) in [5.41, 5.74) is 5.31. The third kappa shape index (κ3) is 3.18. The minimum absolute atomic E-state index is 0.0347. The topological polar surface area (TPSA) is 51.2 Å². The van der Waals surface area contributed by atoms with Gasteiger partial charge in [-0.15, -0.1) is 0 Å². The van der Waals surface area contributed by atoms with Crippen LogP contribution in [0.5, 0.6) is 5.75 Å². The minimum Gasteiger partial charge on any atom is -0.494 e. The van der Waals surface area contributed by atoms with Crippen molar-refractivity contribution < 1.29 is 9.53 Å². The summed E-state index contributed by atoms with van der Waals surface area (Å²) in [6.07, 6.45) is 4.08. The summed E-state index contributed by atoms with van der Waals surface area (Å²) in [5.74, 6) is 0.865. The summed E-state index contributed by atoms with van der Waals surface area (Å²) in [6, 6.07) is 18.3. The highest BCUT2D eigenvalue weighted by atomic mass is 16.5. The second-order valence-corrected chi connectivity index (χ2v) is 6.35. The van der Waals surface area contributed by atoms with Crippen molar-refractivity contribution in [3.8, 4) is 16.9 Å². The number of benzene rings is 2. The predicted octanol–water partition coefficient (Wildman–Crippen LogP) is 4.62. The van der Waals surface area contributed by atoms with Crippen LogP contribution in [0.2, 0.25) is 0 Å². The molecule has 0 fully saturated rings. The van der Waals surface area contributed by atoms with E-state index in [0.29, 0.717) is 13.0 Å². The second-order valence-electron chi connectivity index (χ2n) is 6.35. The molecule has 1 aromatic heterocycles. The molecule has 130 valence electrons. The van der Waals surface area contributed by atoms with Crippen molar-refractivity contribution in [3.63, 3.8) is 0 Å². The molecule has 4 rings (SSSR count). The summed E-state index contributed by atoms with van der Waals surface area (Å²) in [4.78, 5) is 16.4. The van der Waals surface area contributed by atoms with Crippen LogP contribution in [0.3, 0.4) is 0 Å². The van der Waals surface area contributed by atoms with Crippen LogP contribution in [0.4, 0.5) is 5.69 Å². The lowest BCUT2D eigenvalue weighted by molar-refractivity contribution is -0.116. The van der Waals surface area contributed by atoms with Crippen LogP contribution in [0.1, 0.15) is 30.4 Å². The van der Waals surface area contributed by atoms with Gasteiger partial charge in [-0.2, -0.15) is 0 Å². The lowest BCUT2D eigenvalue weighted by Crippen LogP contribution is -2.23. The Kier molecular flexibility index (Phi) is 4.40. The first-order valence-electron chi connectivity index (χ1n) is 8.81. The molecule has 4 heteroatoms. The number of fused-ring (bicyclic) bond motifs is 1. The van der Waals surface area contributed by atoms with E-state index in [1.54, 1.807) is 6.20 Å². The van der Waals surface area contributed by atoms with Gasteiger partial charge in [0.05, 0.1) is 6.61 Å². The molecule has 2 heterocycles. The fourth-order valence-electron chi connectivity index (χ4n) is 3.44. The number of aromatic nitrogens is 1. The maximum Gasteiger partial charge on any atom is 0.225 e. The first-order chi connectivity index (χ1) is 12.7. The van der Waals surface area contributed by atoms with E-state index in [1.165, 1.54) is 0 Å². The van der Waals surface area contributed by atoms with Crippen LogP contribution in [0, 0.1) is 0 Å². The van der Waals surface area contributed by atoms with Crippen LogP contribution in [-0.4, -0.2) is 17.5 Å². The Labute approximate surface area is 152 Å². The van der Waals surface area contributed by atoms with Gasteiger partial charge < -0.3 is 10.1 Å². The number of nitrogens with zero attached hydrogens (tertiary/aromatic N) is 1. The van der Waals surface area contributed by atoms with Gasteiger partial charge in [-0.1, -0.05) is 36.4 Å². The summed E-state index contributed by atoms with van der Waals surface area (Å²) in [6.45, 7) is 2.55. The molecule has 26 heavy (non-hydrogen) atoms. The number of rotatable bonds is 4. The molecule has 1 aliphatic heterocycles. The number of hydrogen-bond donors (Lipinski definition) is 1. The lowest BCUT2D eigenvalue weighted by atomic mass is 9.84. The Hall–Kier alpha value is -3.14. The van der Waals surface area contributed by atoms with Gasteiger partial charge in [-0.25, -0.2) is 0 Å². The molecule has 0 spiro atoms. The number of anilines is 1. The highest BCUT2D eigenvalue weighted by Gasteiger charge is 2.26. The van der Waals surface area contributed by atoms with Gasteiger partial charge in [0.15, 0.2) is 0 Å². The monoisotopic (exact) mass is 344 g/mol. The molecule has 0 radical (unpaired) electrons. The normalized spacial score (nSPS) is 15.9. The van der Waals surface area contributed by atoms with E-state index in [1.807, 2.05) is 37.4 Å². The summed E-state index contributed by atoms with van der Waals surface area (Å²) in [7, 11) is 0. The molecule has 0 bridgehead atoms. The van der Waals surface area contributed by atoms with Gasteiger partial charge in [0.2, 0.25) is 5.91 Å². The zero-order valence-corrected chi connectivity index (χ0v) is 14.6. The van der Waals surface area contributed by atoms with Gasteiger partial charge in [-0.3, -0.25) is 9.78 Å². The molecular weight excluding hydrogens is 324 g/mol. The molecule has 1 unspecified atom stereocenters. The number of amides is 1. The first-order valence-corrected chi connectivity index (χ1v) is 8.81. The summed E-state index contributed by atoms with van der Waals surface area (Å²) < 4.78 is 5.56. The van der Waals surface area contributed by atoms with E-state index in [4.69, 9.17) is 4.74 Å². The maximum atomic E-state index is 12.2. The van der Waals surface area contributed by atoms with Gasteiger partial charge in [-0.05, 0) is 41.3 Å². The highest BCUT2D eigenvalue weighted by molar-refractivity contribution is 5.95. The Morgan fingerprint density at radius 1 is 1.12 bits per heavy atom. The average molecular weight is 344 g/mol. The molecular formula is C22H20N2O2. The van der Waals surface area contributed by atoms with E-state index in [-0.39, 0.29) is 11.8 Å². The Balaban J connectivity index is 1.67. The largest absolute Gasteiger partial charge is 0.494 e. The Bertz CT molecular complexity index is 921. The number of pyridine rings is 1. The zero-order valence-electron chi connectivity index (χ0n) is 14.6. The highest BCUT2D eigenvalue weighted by Crippen LogP contribution is 2.39. The fraction of sp³-hybridized carbons (Fsp3) is 0.182. The quantitative estimate of drug-likeness (QED) is 0.751. The molecule has 1 aliphatic rings. The van der Waals surface area contributed by atoms with Crippen molar-refractivity contribution in [2.75, 3.05) is 11.9 Å². The average Bonchev–Trinajstić information content (AvgIpc) is 2.68. The van der Waals surface area contributed by atoms with E-state index < -0.39 is 0 Å². The number of nitrogens with one attached hydrogen (secondary N) is 1. The van der Waals surface area contributed by atoms with Crippen molar-refractivity contribution in [3.05, 3.63) is 78.1 Å². The van der Waals surface area contributed by atoms with Crippen LogP contribution in [0.25, 0.3) is 11.1 Å². The molecule has 0 saturated carbocycles. The number of hydrogen-bond acceptors (Lipinski definition) is 3. The molecule has 1 N–H and O–H groups in total. The predicted molar refractivity (Wildman–Crippen MR) is 102 cm³/mol. The Morgan fingerprint density at radius 3 is 2.69 bits per heavy atom. The third-order valence-electron chi connectivity index (χ3n) is 4.68. The minimum atomic E-state index is 0.0347. The zero-order chi connectivity index (χ0) is 17.9. The van der Waals surface area contributed by atoms with E-state index >= 15 is 0 Å². The van der Waals surface area contributed by atoms with Gasteiger partial charge in [0.25, 0.3) is 0 Å². The molecule has 0 saturated heterocycles. The van der Waals surface area contributed by atoms with Gasteiger partial charge in [0.1, 0.15) is 5.75 Å². The smallest absolute Gasteiger partial charge is 0.225 e. The molecule has 3 aromatic rings. The SMILES string of the molecule is CCOc1ccc2c(c1)NC(=O)CC2c1ccc(-c2cccnc2)cc1. The van der Waals surface area contributed by atoms with Crippen LogP contribution in [-0.2, 0) is 4.79 Å². The third-order valence-corrected chi connectivity index (χ3v) is 4.68. The standard InChI is InChI=1S/C22H20N2O2/c1-2-26-18-9-10-19-20(13-22(25)24-21(19)12-18)16-7-5-15(6-8-16)17-4-3-11-23-14-17/h3-12,14,20H,2,13H2,1H3,(H,24,25). The molecule has 2 aromatic carbocycles. The van der Waals surface area contributed by atoms with Gasteiger partial charge >= 0.3 is 0 Å². The summed E-state index contributed by atoms with van der Waals surface area (Å²) >= 11 is 0. The molecule has 4 nitrogen and oxygen atoms in total. The van der Waals surface area contributed by atoms with E-state index in [9.17, 15) is 4.79 Å². The lowest BCUT2D eigenvalue weighted by Gasteiger charge is -2.26. The van der Waals surface area contributed by atoms with Crippen molar-refractivity contribution in [1.29, 1.82) is 0 Å². The van der Waals surface area contributed by atoms with Crippen LogP contribution >= 0.6 is 0 Å². The van der Waals surface area contributed by atoms with Gasteiger partial charge in [0, 0.05) is 36.5 Å². The second kappa shape index (κ2) is 7.00. The maximum absolute atomic E-state index is 12.2. The van der Waals surface area contributed by atoms with Crippen molar-refractivity contribution in [2.24, 2.45) is 0 Å². The number of ether oxygens (including phenoxy) is 1. The van der Waals surface area contributed by atoms with Crippen molar-refractivity contribution in [1.82, 2.24) is 4.98 Å².